The van der Waals surface area contributed by atoms with E-state index in [0.717, 1.165) is 11.4 Å². The van der Waals surface area contributed by atoms with Gasteiger partial charge in [-0.15, -0.1) is 0 Å². The molecule has 0 amide bonds. The Morgan fingerprint density at radius 3 is 1.24 bits per heavy atom. The highest BCUT2D eigenvalue weighted by Gasteiger charge is 2.19. The fourth-order valence-electron chi connectivity index (χ4n) is 8.93. The molecule has 0 radical (unpaired) electrons. The quantitative estimate of drug-likeness (QED) is 0.173. The van der Waals surface area contributed by atoms with Crippen molar-refractivity contribution < 1.29 is 0 Å². The summed E-state index contributed by atoms with van der Waals surface area (Å²) < 4.78 is 7.24. The molecular weight excluding hydrogens is 667 g/mol. The van der Waals surface area contributed by atoms with Crippen LogP contribution in [0.25, 0.3) is 93.6 Å². The van der Waals surface area contributed by atoms with Crippen molar-refractivity contribution >= 4 is 65.4 Å². The van der Waals surface area contributed by atoms with Gasteiger partial charge >= 0.3 is 0 Å². The minimum absolute atomic E-state index is 0.110. The van der Waals surface area contributed by atoms with Gasteiger partial charge in [-0.2, -0.15) is 0 Å². The molecular formula is C52H39N3. The van der Waals surface area contributed by atoms with Gasteiger partial charge in [0.1, 0.15) is 0 Å². The zero-order chi connectivity index (χ0) is 36.8. The molecule has 0 bridgehead atoms. The Labute approximate surface area is 319 Å². The number of fused-ring (bicyclic) bond motifs is 9. The molecule has 8 aromatic carbocycles. The van der Waals surface area contributed by atoms with Crippen LogP contribution in [0.2, 0.25) is 0 Å². The molecule has 3 aromatic heterocycles. The minimum Gasteiger partial charge on any atom is -0.309 e. The van der Waals surface area contributed by atoms with E-state index in [1.54, 1.807) is 0 Å². The maximum absolute atomic E-state index is 2.43. The van der Waals surface area contributed by atoms with Gasteiger partial charge in [-0.3, -0.25) is 0 Å². The summed E-state index contributed by atoms with van der Waals surface area (Å²) >= 11 is 0. The Hall–Kier alpha value is -6.84. The van der Waals surface area contributed by atoms with E-state index in [1.807, 2.05) is 0 Å². The van der Waals surface area contributed by atoms with Crippen LogP contribution in [0.1, 0.15) is 26.3 Å². The van der Waals surface area contributed by atoms with Crippen molar-refractivity contribution in [2.45, 2.75) is 26.2 Å². The van der Waals surface area contributed by atoms with E-state index in [1.165, 1.54) is 87.8 Å². The normalized spacial score (nSPS) is 12.3. The summed E-state index contributed by atoms with van der Waals surface area (Å²) in [5.74, 6) is 0. The third kappa shape index (κ3) is 4.83. The van der Waals surface area contributed by atoms with Gasteiger partial charge < -0.3 is 13.7 Å². The van der Waals surface area contributed by atoms with Crippen LogP contribution >= 0.6 is 0 Å². The second kappa shape index (κ2) is 11.8. The number of hydrogen-bond acceptors (Lipinski definition) is 0. The predicted octanol–water partition coefficient (Wildman–Crippen LogP) is 13.9. The first-order valence-corrected chi connectivity index (χ1v) is 19.2. The molecule has 0 spiro atoms. The van der Waals surface area contributed by atoms with Crippen LogP contribution in [0.3, 0.4) is 0 Å². The van der Waals surface area contributed by atoms with E-state index >= 15 is 0 Å². The summed E-state index contributed by atoms with van der Waals surface area (Å²) in [5, 5.41) is 7.54. The molecule has 11 aromatic rings. The number of hydrogen-bond donors (Lipinski definition) is 0. The molecule has 0 aliphatic carbocycles. The average Bonchev–Trinajstić information content (AvgIpc) is 3.86. The molecule has 0 atom stereocenters. The highest BCUT2D eigenvalue weighted by Crippen LogP contribution is 2.40. The van der Waals surface area contributed by atoms with Crippen LogP contribution in [0.5, 0.6) is 0 Å². The minimum atomic E-state index is 0.110. The lowest BCUT2D eigenvalue weighted by atomic mass is 9.87. The van der Waals surface area contributed by atoms with Crippen molar-refractivity contribution in [3.8, 4) is 28.2 Å². The topological polar surface area (TPSA) is 14.8 Å². The fraction of sp³-hybridized carbons (Fsp3) is 0.0769. The highest BCUT2D eigenvalue weighted by atomic mass is 15.0. The zero-order valence-electron chi connectivity index (χ0n) is 31.2. The van der Waals surface area contributed by atoms with Crippen molar-refractivity contribution in [2.75, 3.05) is 0 Å². The van der Waals surface area contributed by atoms with Gasteiger partial charge in [0, 0.05) is 49.4 Å². The van der Waals surface area contributed by atoms with Gasteiger partial charge in [-0.1, -0.05) is 124 Å². The second-order valence-electron chi connectivity index (χ2n) is 15.9. The van der Waals surface area contributed by atoms with Crippen LogP contribution in [0.4, 0.5) is 0 Å². The summed E-state index contributed by atoms with van der Waals surface area (Å²) in [5.41, 5.74) is 14.6. The molecule has 0 aliphatic rings. The van der Waals surface area contributed by atoms with Gasteiger partial charge in [-0.05, 0) is 101 Å². The molecule has 262 valence electrons. The number of benzene rings is 8. The Bertz CT molecular complexity index is 3270. The summed E-state index contributed by atoms with van der Waals surface area (Å²) in [6.07, 6.45) is 0. The summed E-state index contributed by atoms with van der Waals surface area (Å²) in [4.78, 5) is 0. The first kappa shape index (κ1) is 31.7. The molecule has 0 unspecified atom stereocenters. The molecule has 55 heavy (non-hydrogen) atoms. The molecule has 0 fully saturated rings. The van der Waals surface area contributed by atoms with Crippen molar-refractivity contribution in [3.63, 3.8) is 0 Å². The zero-order valence-corrected chi connectivity index (χ0v) is 31.2. The Kier molecular flexibility index (Phi) is 6.81. The number of para-hydroxylation sites is 4. The summed E-state index contributed by atoms with van der Waals surface area (Å²) in [7, 11) is 0. The van der Waals surface area contributed by atoms with Gasteiger partial charge in [0.15, 0.2) is 0 Å². The lowest BCUT2D eigenvalue weighted by Gasteiger charge is -2.19. The summed E-state index contributed by atoms with van der Waals surface area (Å²) in [6.45, 7) is 6.81. The van der Waals surface area contributed by atoms with E-state index in [4.69, 9.17) is 0 Å². The first-order valence-electron chi connectivity index (χ1n) is 19.2. The van der Waals surface area contributed by atoms with Gasteiger partial charge in [0.25, 0.3) is 0 Å². The van der Waals surface area contributed by atoms with Crippen LogP contribution in [0.15, 0.2) is 182 Å². The Balaban J connectivity index is 1.08. The average molecular weight is 706 g/mol. The maximum Gasteiger partial charge on any atom is 0.0561 e. The predicted molar refractivity (Wildman–Crippen MR) is 234 cm³/mol. The van der Waals surface area contributed by atoms with Gasteiger partial charge in [0.05, 0.1) is 33.1 Å². The fourth-order valence-corrected chi connectivity index (χ4v) is 8.93. The van der Waals surface area contributed by atoms with Crippen LogP contribution < -0.4 is 0 Å². The third-order valence-corrected chi connectivity index (χ3v) is 11.6. The molecule has 0 N–H and O–H groups in total. The Morgan fingerprint density at radius 2 is 0.691 bits per heavy atom. The highest BCUT2D eigenvalue weighted by molar-refractivity contribution is 6.14. The van der Waals surface area contributed by atoms with Crippen molar-refractivity contribution in [1.82, 2.24) is 13.7 Å². The number of aromatic nitrogens is 3. The first-order chi connectivity index (χ1) is 26.9. The molecule has 11 rings (SSSR count). The van der Waals surface area contributed by atoms with Crippen molar-refractivity contribution in [3.05, 3.63) is 188 Å². The van der Waals surface area contributed by atoms with Crippen LogP contribution in [0, 0.1) is 0 Å². The van der Waals surface area contributed by atoms with E-state index in [-0.39, 0.29) is 5.41 Å². The summed E-state index contributed by atoms with van der Waals surface area (Å²) in [6, 6.07) is 67.0. The monoisotopic (exact) mass is 705 g/mol. The number of rotatable bonds is 4. The van der Waals surface area contributed by atoms with Gasteiger partial charge in [0.2, 0.25) is 0 Å². The molecule has 0 aliphatic heterocycles. The molecule has 3 heterocycles. The van der Waals surface area contributed by atoms with Crippen molar-refractivity contribution in [1.29, 1.82) is 0 Å². The smallest absolute Gasteiger partial charge is 0.0561 e. The molecule has 0 saturated heterocycles. The van der Waals surface area contributed by atoms with Crippen LogP contribution in [-0.2, 0) is 5.41 Å². The second-order valence-corrected chi connectivity index (χ2v) is 15.9. The number of nitrogens with zero attached hydrogens (tertiary/aromatic N) is 3. The van der Waals surface area contributed by atoms with E-state index in [9.17, 15) is 0 Å². The standard InChI is InChI=1S/C52H39N3/c1-52(2,3)36-23-25-38(26-24-36)53-47-19-11-8-16-41(47)44-31-34(21-29-49(44)53)35-22-30-50-45(32-35)42-17-9-12-20-48(42)55(50)39-27-28-43-40-15-7-10-18-46(40)54(51(43)33-39)37-13-5-4-6-14-37/h4-33H,1-3H3. The van der Waals surface area contributed by atoms with Crippen molar-refractivity contribution in [2.24, 2.45) is 0 Å². The lowest BCUT2D eigenvalue weighted by Crippen LogP contribution is -2.10. The van der Waals surface area contributed by atoms with Gasteiger partial charge in [-0.25, -0.2) is 0 Å². The van der Waals surface area contributed by atoms with Crippen LogP contribution in [-0.4, -0.2) is 13.7 Å². The Morgan fingerprint density at radius 1 is 0.291 bits per heavy atom. The largest absolute Gasteiger partial charge is 0.309 e. The third-order valence-electron chi connectivity index (χ3n) is 11.6. The molecule has 0 saturated carbocycles. The SMILES string of the molecule is CC(C)(C)c1ccc(-n2c3ccccc3c3cc(-c4ccc5c(c4)c4ccccc4n5-c4ccc5c6ccccc6n(-c6ccccc6)c5c4)ccc32)cc1. The lowest BCUT2D eigenvalue weighted by molar-refractivity contribution is 0.590. The maximum atomic E-state index is 2.43. The van der Waals surface area contributed by atoms with E-state index < -0.39 is 0 Å². The molecule has 3 heteroatoms. The molecule has 3 nitrogen and oxygen atoms in total. The van der Waals surface area contributed by atoms with E-state index in [2.05, 4.69) is 216 Å². The van der Waals surface area contributed by atoms with E-state index in [0.29, 0.717) is 0 Å².